The van der Waals surface area contributed by atoms with E-state index in [-0.39, 0.29) is 12.5 Å². The number of unbranched alkanes of at least 4 members (excludes halogenated alkanes) is 27. The van der Waals surface area contributed by atoms with E-state index in [9.17, 15) is 30.3 Å². The van der Waals surface area contributed by atoms with Crippen LogP contribution >= 0.6 is 0 Å². The molecule has 1 aliphatic heterocycles. The van der Waals surface area contributed by atoms with Gasteiger partial charge in [0.25, 0.3) is 0 Å². The molecule has 0 aromatic rings. The number of aliphatic hydroxyl groups is 5. The van der Waals surface area contributed by atoms with Gasteiger partial charge in [-0.3, -0.25) is 4.79 Å². The smallest absolute Gasteiger partial charge is 0.220 e. The summed E-state index contributed by atoms with van der Waals surface area (Å²) >= 11 is 0. The Kier molecular flexibility index (Phi) is 38.0. The molecule has 1 amide bonds. The van der Waals surface area contributed by atoms with E-state index < -0.39 is 49.5 Å². The van der Waals surface area contributed by atoms with Gasteiger partial charge in [0.05, 0.1) is 25.4 Å². The average molecular weight is 836 g/mol. The summed E-state index contributed by atoms with van der Waals surface area (Å²) < 4.78 is 11.2. The van der Waals surface area contributed by atoms with Gasteiger partial charge >= 0.3 is 0 Å². The molecule has 0 spiro atoms. The topological polar surface area (TPSA) is 149 Å². The minimum Gasteiger partial charge on any atom is -0.394 e. The summed E-state index contributed by atoms with van der Waals surface area (Å²) in [6.07, 6.45) is 43.3. The van der Waals surface area contributed by atoms with Crippen LogP contribution in [0.4, 0.5) is 0 Å². The van der Waals surface area contributed by atoms with E-state index in [1.54, 1.807) is 6.08 Å². The summed E-state index contributed by atoms with van der Waals surface area (Å²) in [5.74, 6) is -0.177. The average Bonchev–Trinajstić information content (AvgIpc) is 3.23. The summed E-state index contributed by atoms with van der Waals surface area (Å²) in [4.78, 5) is 13.0. The van der Waals surface area contributed by atoms with Gasteiger partial charge in [0, 0.05) is 6.42 Å². The van der Waals surface area contributed by atoms with Crippen LogP contribution in [0.3, 0.4) is 0 Å². The first kappa shape index (κ1) is 55.4. The highest BCUT2D eigenvalue weighted by atomic mass is 16.7. The van der Waals surface area contributed by atoms with Crippen molar-refractivity contribution < 1.29 is 39.8 Å². The Morgan fingerprint density at radius 1 is 0.593 bits per heavy atom. The number of amides is 1. The van der Waals surface area contributed by atoms with Crippen molar-refractivity contribution in [1.82, 2.24) is 5.32 Å². The number of hydrogen-bond acceptors (Lipinski definition) is 8. The third-order valence-corrected chi connectivity index (χ3v) is 11.7. The van der Waals surface area contributed by atoms with Crippen LogP contribution in [-0.2, 0) is 14.3 Å². The van der Waals surface area contributed by atoms with Crippen LogP contribution in [0.5, 0.6) is 0 Å². The standard InChI is InChI=1S/C50H93NO8/c1-3-5-7-9-11-13-15-17-19-20-21-22-23-24-26-28-30-32-34-36-38-40-46(54)51-43(42-58-50-49(57)48(56)47(55)45(41-52)59-50)44(53)39-37-35-33-31-29-27-25-18-16-14-12-10-8-6-4-2/h5,7,11,13,37,39,43-45,47-50,52-53,55-57H,3-4,6,8-10,12,14-36,38,40-42H2,1-2H3,(H,51,54)/b7-5-,13-11-,39-37+. The molecular formula is C50H93NO8. The van der Waals surface area contributed by atoms with Crippen molar-refractivity contribution in [2.24, 2.45) is 0 Å². The van der Waals surface area contributed by atoms with E-state index in [1.807, 2.05) is 6.08 Å². The van der Waals surface area contributed by atoms with E-state index in [1.165, 1.54) is 148 Å². The summed E-state index contributed by atoms with van der Waals surface area (Å²) in [6, 6.07) is -0.803. The molecule has 0 radical (unpaired) electrons. The first-order valence-electron chi connectivity index (χ1n) is 24.7. The van der Waals surface area contributed by atoms with Crippen molar-refractivity contribution in [1.29, 1.82) is 0 Å². The molecule has 1 aliphatic rings. The molecule has 0 aliphatic carbocycles. The zero-order valence-electron chi connectivity index (χ0n) is 38.0. The molecule has 0 saturated carbocycles. The van der Waals surface area contributed by atoms with Crippen molar-refractivity contribution in [2.75, 3.05) is 13.2 Å². The van der Waals surface area contributed by atoms with Gasteiger partial charge in [-0.15, -0.1) is 0 Å². The van der Waals surface area contributed by atoms with Crippen LogP contribution in [0.2, 0.25) is 0 Å². The molecule has 0 aromatic heterocycles. The fraction of sp³-hybridized carbons (Fsp3) is 0.860. The summed E-state index contributed by atoms with van der Waals surface area (Å²) in [7, 11) is 0. The molecule has 346 valence electrons. The van der Waals surface area contributed by atoms with Crippen molar-refractivity contribution >= 4 is 5.91 Å². The molecule has 0 aromatic carbocycles. The second-order valence-electron chi connectivity index (χ2n) is 17.2. The molecule has 1 saturated heterocycles. The highest BCUT2D eigenvalue weighted by molar-refractivity contribution is 5.76. The predicted octanol–water partition coefficient (Wildman–Crippen LogP) is 10.8. The van der Waals surface area contributed by atoms with Crippen LogP contribution in [0.1, 0.15) is 219 Å². The lowest BCUT2D eigenvalue weighted by Gasteiger charge is -2.40. The fourth-order valence-electron chi connectivity index (χ4n) is 7.78. The van der Waals surface area contributed by atoms with Crippen molar-refractivity contribution in [3.8, 4) is 0 Å². The molecular weight excluding hydrogens is 743 g/mol. The molecule has 1 heterocycles. The second-order valence-corrected chi connectivity index (χ2v) is 17.2. The van der Waals surface area contributed by atoms with Gasteiger partial charge in [0.15, 0.2) is 6.29 Å². The number of carbonyl (C=O) groups is 1. The second kappa shape index (κ2) is 40.5. The quantitative estimate of drug-likeness (QED) is 0.0263. The van der Waals surface area contributed by atoms with Gasteiger partial charge in [0.1, 0.15) is 24.4 Å². The number of rotatable bonds is 41. The van der Waals surface area contributed by atoms with Gasteiger partial charge in [-0.2, -0.15) is 0 Å². The number of nitrogens with one attached hydrogen (secondary N) is 1. The molecule has 59 heavy (non-hydrogen) atoms. The Bertz CT molecular complexity index is 1020. The number of carbonyl (C=O) groups excluding carboxylic acids is 1. The summed E-state index contributed by atoms with van der Waals surface area (Å²) in [5.41, 5.74) is 0. The van der Waals surface area contributed by atoms with Gasteiger partial charge in [-0.1, -0.05) is 204 Å². The molecule has 7 atom stereocenters. The molecule has 9 heteroatoms. The van der Waals surface area contributed by atoms with Crippen LogP contribution in [0.15, 0.2) is 36.5 Å². The monoisotopic (exact) mass is 836 g/mol. The summed E-state index contributed by atoms with van der Waals surface area (Å²) in [6.45, 7) is 3.68. The van der Waals surface area contributed by atoms with Crippen LogP contribution in [-0.4, -0.2) is 87.5 Å². The maximum Gasteiger partial charge on any atom is 0.220 e. The zero-order chi connectivity index (χ0) is 43.0. The Hall–Kier alpha value is -1.59. The first-order valence-corrected chi connectivity index (χ1v) is 24.7. The minimum atomic E-state index is -1.56. The Labute approximate surface area is 361 Å². The van der Waals surface area contributed by atoms with E-state index in [0.29, 0.717) is 6.42 Å². The molecule has 7 unspecified atom stereocenters. The van der Waals surface area contributed by atoms with Gasteiger partial charge in [-0.05, 0) is 44.9 Å². The largest absolute Gasteiger partial charge is 0.394 e. The number of allylic oxidation sites excluding steroid dienone is 5. The molecule has 1 fully saturated rings. The van der Waals surface area contributed by atoms with Crippen molar-refractivity contribution in [3.63, 3.8) is 0 Å². The summed E-state index contributed by atoms with van der Waals surface area (Å²) in [5, 5.41) is 54.3. The van der Waals surface area contributed by atoms with Crippen molar-refractivity contribution in [2.45, 2.75) is 262 Å². The van der Waals surface area contributed by atoms with E-state index in [0.717, 1.165) is 51.4 Å². The van der Waals surface area contributed by atoms with Crippen molar-refractivity contribution in [3.05, 3.63) is 36.5 Å². The third-order valence-electron chi connectivity index (χ3n) is 11.7. The lowest BCUT2D eigenvalue weighted by molar-refractivity contribution is -0.302. The Balaban J connectivity index is 2.29. The Morgan fingerprint density at radius 3 is 1.54 bits per heavy atom. The van der Waals surface area contributed by atoms with E-state index in [4.69, 9.17) is 9.47 Å². The Morgan fingerprint density at radius 2 is 1.05 bits per heavy atom. The molecule has 1 rings (SSSR count). The number of ether oxygens (including phenoxy) is 2. The highest BCUT2D eigenvalue weighted by Crippen LogP contribution is 2.23. The normalized spacial score (nSPS) is 21.0. The van der Waals surface area contributed by atoms with E-state index in [2.05, 4.69) is 43.5 Å². The van der Waals surface area contributed by atoms with E-state index >= 15 is 0 Å². The number of hydrogen-bond donors (Lipinski definition) is 6. The lowest BCUT2D eigenvalue weighted by Crippen LogP contribution is -2.60. The maximum atomic E-state index is 13.0. The van der Waals surface area contributed by atoms with Gasteiger partial charge in [-0.25, -0.2) is 0 Å². The van der Waals surface area contributed by atoms with Crippen LogP contribution in [0.25, 0.3) is 0 Å². The third kappa shape index (κ3) is 31.0. The van der Waals surface area contributed by atoms with Crippen LogP contribution in [0, 0.1) is 0 Å². The SMILES string of the molecule is CC/C=C\C/C=C\CCCCCCCCCCCCCCCCC(=O)NC(COC1OC(CO)C(O)C(O)C1O)C(O)/C=C/CCCCCCCCCCCCCCC. The van der Waals surface area contributed by atoms with Gasteiger partial charge in [0.2, 0.25) is 5.91 Å². The molecule has 0 bridgehead atoms. The maximum absolute atomic E-state index is 13.0. The minimum absolute atomic E-state index is 0.177. The molecule has 6 N–H and O–H groups in total. The molecule has 9 nitrogen and oxygen atoms in total. The fourth-order valence-corrected chi connectivity index (χ4v) is 7.78. The van der Waals surface area contributed by atoms with Crippen LogP contribution < -0.4 is 5.32 Å². The zero-order valence-corrected chi connectivity index (χ0v) is 38.0. The highest BCUT2D eigenvalue weighted by Gasteiger charge is 2.44. The number of aliphatic hydroxyl groups excluding tert-OH is 5. The lowest BCUT2D eigenvalue weighted by atomic mass is 9.99. The first-order chi connectivity index (χ1) is 28.8. The predicted molar refractivity (Wildman–Crippen MR) is 244 cm³/mol. The van der Waals surface area contributed by atoms with Gasteiger partial charge < -0.3 is 40.3 Å².